The van der Waals surface area contributed by atoms with Crippen LogP contribution < -0.4 is 9.88 Å². The number of hydrogen-bond acceptors (Lipinski definition) is 5. The average Bonchev–Trinajstić information content (AvgIpc) is 2.24. The number of hydrogen-bond donors (Lipinski definition) is 1. The molecule has 2 N–H and O–H groups in total. The summed E-state index contributed by atoms with van der Waals surface area (Å²) in [5.74, 6) is -1.62. The molecule has 7 nitrogen and oxygen atoms in total. The maximum atomic E-state index is 12.9. The van der Waals surface area contributed by atoms with E-state index < -0.39 is 32.4 Å². The van der Waals surface area contributed by atoms with Crippen LogP contribution in [-0.4, -0.2) is 25.7 Å². The first-order chi connectivity index (χ1) is 8.69. The van der Waals surface area contributed by atoms with Gasteiger partial charge < -0.3 is 4.74 Å². The van der Waals surface area contributed by atoms with Gasteiger partial charge in [0.15, 0.2) is 5.75 Å². The van der Waals surface area contributed by atoms with Crippen molar-refractivity contribution in [3.8, 4) is 5.75 Å². The predicted molar refractivity (Wildman–Crippen MR) is 65.7 cm³/mol. The lowest BCUT2D eigenvalue weighted by Crippen LogP contribution is -2.25. The number of halogens is 1. The van der Waals surface area contributed by atoms with Crippen LogP contribution in [0, 0.1) is 21.8 Å². The predicted octanol–water partition coefficient (Wildman–Crippen LogP) is 1.04. The van der Waals surface area contributed by atoms with E-state index in [0.29, 0.717) is 0 Å². The third-order valence-corrected chi connectivity index (χ3v) is 3.19. The number of sulfonamides is 1. The Kier molecular flexibility index (Phi) is 4.78. The van der Waals surface area contributed by atoms with E-state index in [-0.39, 0.29) is 18.1 Å². The molecular formula is C10H13FN2O5S. The second-order valence-corrected chi connectivity index (χ2v) is 5.77. The minimum atomic E-state index is -3.63. The van der Waals surface area contributed by atoms with Crippen molar-refractivity contribution in [3.63, 3.8) is 0 Å². The minimum Gasteiger partial charge on any atom is -0.486 e. The number of nitro groups is 1. The van der Waals surface area contributed by atoms with Gasteiger partial charge in [0, 0.05) is 5.92 Å². The Morgan fingerprint density at radius 2 is 2.16 bits per heavy atom. The van der Waals surface area contributed by atoms with Crippen LogP contribution in [0.5, 0.6) is 5.75 Å². The molecule has 106 valence electrons. The molecule has 0 saturated carbocycles. The van der Waals surface area contributed by atoms with Crippen LogP contribution in [0.3, 0.4) is 0 Å². The highest BCUT2D eigenvalue weighted by Gasteiger charge is 2.18. The van der Waals surface area contributed by atoms with Crippen LogP contribution in [-0.2, 0) is 10.0 Å². The number of nitrogens with zero attached hydrogens (tertiary/aromatic N) is 1. The smallest absolute Gasteiger partial charge is 0.313 e. The topological polar surface area (TPSA) is 113 Å². The standard InChI is InChI=1S/C10H13FN2O5S/c1-7(6-19(12,16)17)5-18-10-3-2-8(11)4-9(10)13(14)15/h2-4,7H,5-6H2,1H3,(H2,12,16,17). The zero-order valence-corrected chi connectivity index (χ0v) is 10.9. The highest BCUT2D eigenvalue weighted by Crippen LogP contribution is 2.27. The monoisotopic (exact) mass is 292 g/mol. The maximum absolute atomic E-state index is 12.9. The molecule has 0 aliphatic heterocycles. The van der Waals surface area contributed by atoms with Gasteiger partial charge in [-0.15, -0.1) is 0 Å². The average molecular weight is 292 g/mol. The quantitative estimate of drug-likeness (QED) is 0.621. The summed E-state index contributed by atoms with van der Waals surface area (Å²) in [4.78, 5) is 9.92. The first-order valence-electron chi connectivity index (χ1n) is 5.26. The van der Waals surface area contributed by atoms with Crippen LogP contribution >= 0.6 is 0 Å². The van der Waals surface area contributed by atoms with Gasteiger partial charge in [0.25, 0.3) is 0 Å². The third kappa shape index (κ3) is 5.18. The van der Waals surface area contributed by atoms with Crippen LogP contribution in [0.2, 0.25) is 0 Å². The normalized spacial score (nSPS) is 13.0. The second kappa shape index (κ2) is 5.93. The fourth-order valence-corrected chi connectivity index (χ4v) is 2.32. The van der Waals surface area contributed by atoms with Crippen LogP contribution in [0.15, 0.2) is 18.2 Å². The first-order valence-corrected chi connectivity index (χ1v) is 6.98. The number of nitrogens with two attached hydrogens (primary N) is 1. The Labute approximate surface area is 109 Å². The van der Waals surface area contributed by atoms with Crippen LogP contribution in [0.1, 0.15) is 6.92 Å². The van der Waals surface area contributed by atoms with E-state index in [0.717, 1.165) is 18.2 Å². The van der Waals surface area contributed by atoms with E-state index in [1.54, 1.807) is 6.92 Å². The fourth-order valence-electron chi connectivity index (χ4n) is 1.43. The highest BCUT2D eigenvalue weighted by molar-refractivity contribution is 7.89. The van der Waals surface area contributed by atoms with Gasteiger partial charge in [-0.25, -0.2) is 17.9 Å². The van der Waals surface area contributed by atoms with Gasteiger partial charge >= 0.3 is 5.69 Å². The second-order valence-electron chi connectivity index (χ2n) is 4.11. The molecule has 1 aromatic carbocycles. The van der Waals surface area contributed by atoms with Crippen molar-refractivity contribution in [1.29, 1.82) is 0 Å². The molecule has 0 bridgehead atoms. The highest BCUT2D eigenvalue weighted by atomic mass is 32.2. The summed E-state index contributed by atoms with van der Waals surface area (Å²) in [6.45, 7) is 1.49. The van der Waals surface area contributed by atoms with Crippen molar-refractivity contribution in [2.75, 3.05) is 12.4 Å². The molecule has 0 aliphatic carbocycles. The zero-order chi connectivity index (χ0) is 14.6. The maximum Gasteiger partial charge on any atom is 0.313 e. The largest absolute Gasteiger partial charge is 0.486 e. The Balaban J connectivity index is 2.75. The molecule has 1 atom stereocenters. The molecule has 0 heterocycles. The van der Waals surface area contributed by atoms with Crippen molar-refractivity contribution in [2.24, 2.45) is 11.1 Å². The van der Waals surface area contributed by atoms with Gasteiger partial charge in [-0.1, -0.05) is 6.92 Å². The molecular weight excluding hydrogens is 279 g/mol. The summed E-state index contributed by atoms with van der Waals surface area (Å²) >= 11 is 0. The summed E-state index contributed by atoms with van der Waals surface area (Å²) in [7, 11) is -3.63. The number of primary sulfonamides is 1. The van der Waals surface area contributed by atoms with Gasteiger partial charge in [0.05, 0.1) is 23.3 Å². The number of rotatable bonds is 6. The Morgan fingerprint density at radius 3 is 2.68 bits per heavy atom. The summed E-state index contributed by atoms with van der Waals surface area (Å²) in [6, 6.07) is 2.88. The molecule has 9 heteroatoms. The van der Waals surface area contributed by atoms with E-state index in [4.69, 9.17) is 9.88 Å². The summed E-state index contributed by atoms with van der Waals surface area (Å²) in [6.07, 6.45) is 0. The van der Waals surface area contributed by atoms with E-state index in [9.17, 15) is 22.9 Å². The van der Waals surface area contributed by atoms with Crippen molar-refractivity contribution in [2.45, 2.75) is 6.92 Å². The van der Waals surface area contributed by atoms with Crippen molar-refractivity contribution >= 4 is 15.7 Å². The van der Waals surface area contributed by atoms with E-state index in [2.05, 4.69) is 0 Å². The van der Waals surface area contributed by atoms with Crippen LogP contribution in [0.25, 0.3) is 0 Å². The van der Waals surface area contributed by atoms with E-state index in [1.807, 2.05) is 0 Å². The minimum absolute atomic E-state index is 0.0805. The van der Waals surface area contributed by atoms with E-state index >= 15 is 0 Å². The van der Waals surface area contributed by atoms with Gasteiger partial charge in [-0.05, 0) is 12.1 Å². The van der Waals surface area contributed by atoms with Gasteiger partial charge in [-0.3, -0.25) is 10.1 Å². The molecule has 0 fully saturated rings. The Bertz CT molecular complexity index is 575. The lowest BCUT2D eigenvalue weighted by molar-refractivity contribution is -0.386. The lowest BCUT2D eigenvalue weighted by Gasteiger charge is -2.11. The fraction of sp³-hybridized carbons (Fsp3) is 0.400. The summed E-state index contributed by atoms with van der Waals surface area (Å²) < 4.78 is 39.7. The first kappa shape index (κ1) is 15.3. The zero-order valence-electron chi connectivity index (χ0n) is 10.1. The molecule has 0 saturated heterocycles. The molecule has 0 radical (unpaired) electrons. The van der Waals surface area contributed by atoms with Crippen molar-refractivity contribution in [1.82, 2.24) is 0 Å². The van der Waals surface area contributed by atoms with E-state index in [1.165, 1.54) is 0 Å². The molecule has 0 aromatic heterocycles. The molecule has 1 rings (SSSR count). The molecule has 1 aromatic rings. The molecule has 1 unspecified atom stereocenters. The summed E-state index contributed by atoms with van der Waals surface area (Å²) in [5.41, 5.74) is -0.511. The molecule has 0 spiro atoms. The SMILES string of the molecule is CC(COc1ccc(F)cc1[N+](=O)[O-])CS(N)(=O)=O. The van der Waals surface area contributed by atoms with Crippen LogP contribution in [0.4, 0.5) is 10.1 Å². The Morgan fingerprint density at radius 1 is 1.53 bits per heavy atom. The molecule has 0 aliphatic rings. The van der Waals surface area contributed by atoms with Gasteiger partial charge in [0.1, 0.15) is 5.82 Å². The molecule has 19 heavy (non-hydrogen) atoms. The van der Waals surface area contributed by atoms with Gasteiger partial charge in [0.2, 0.25) is 10.0 Å². The van der Waals surface area contributed by atoms with Crippen molar-refractivity contribution in [3.05, 3.63) is 34.1 Å². The number of nitro benzene ring substituents is 1. The lowest BCUT2D eigenvalue weighted by atomic mass is 10.2. The van der Waals surface area contributed by atoms with Crippen molar-refractivity contribution < 1.29 is 22.5 Å². The number of benzene rings is 1. The third-order valence-electron chi connectivity index (χ3n) is 2.16. The Hall–Kier alpha value is -1.74. The molecule has 0 amide bonds. The number of ether oxygens (including phenoxy) is 1. The summed E-state index contributed by atoms with van der Waals surface area (Å²) in [5, 5.41) is 15.6. The van der Waals surface area contributed by atoms with Gasteiger partial charge in [-0.2, -0.15) is 0 Å².